The fourth-order valence-electron chi connectivity index (χ4n) is 1.41. The van der Waals surface area contributed by atoms with Crippen molar-refractivity contribution in [3.8, 4) is 0 Å². The van der Waals surface area contributed by atoms with E-state index in [1.54, 1.807) is 0 Å². The van der Waals surface area contributed by atoms with Gasteiger partial charge in [-0.15, -0.1) is 0 Å². The number of benzene rings is 1. The van der Waals surface area contributed by atoms with E-state index in [0.717, 1.165) is 32.2 Å². The lowest BCUT2D eigenvalue weighted by Gasteiger charge is -2.15. The summed E-state index contributed by atoms with van der Waals surface area (Å²) in [5.41, 5.74) is -0.390. The van der Waals surface area contributed by atoms with Crippen molar-refractivity contribution in [3.05, 3.63) is 29.6 Å². The molecule has 0 aromatic heterocycles. The Morgan fingerprint density at radius 1 is 1.32 bits per heavy atom. The number of esters is 1. The largest absolute Gasteiger partial charge is 0.465 e. The van der Waals surface area contributed by atoms with Gasteiger partial charge < -0.3 is 14.8 Å². The van der Waals surface area contributed by atoms with Crippen LogP contribution < -0.4 is 5.32 Å². The molecule has 1 rings (SSSR count). The topological polar surface area (TPSA) is 64.6 Å². The van der Waals surface area contributed by atoms with Crippen LogP contribution >= 0.6 is 0 Å². The third kappa shape index (κ3) is 5.32. The predicted molar refractivity (Wildman–Crippen MR) is 67.8 cm³/mol. The SMILES string of the molecule is COC(=O)c1cc(NC(=O)C(C)OCC(F)(F)F)ccc1F. The molecule has 122 valence electrons. The number of methoxy groups -OCH3 is 1. The summed E-state index contributed by atoms with van der Waals surface area (Å²) < 4.78 is 58.1. The minimum absolute atomic E-state index is 0.0225. The van der Waals surface area contributed by atoms with Crippen LogP contribution in [0.15, 0.2) is 18.2 Å². The van der Waals surface area contributed by atoms with Crippen LogP contribution in [0.3, 0.4) is 0 Å². The Bertz CT molecular complexity index is 559. The van der Waals surface area contributed by atoms with E-state index in [0.29, 0.717) is 0 Å². The normalized spacial score (nSPS) is 12.6. The zero-order chi connectivity index (χ0) is 16.9. The van der Waals surface area contributed by atoms with Gasteiger partial charge in [-0.1, -0.05) is 0 Å². The van der Waals surface area contributed by atoms with Crippen molar-refractivity contribution in [2.24, 2.45) is 0 Å². The Morgan fingerprint density at radius 2 is 1.95 bits per heavy atom. The van der Waals surface area contributed by atoms with E-state index in [4.69, 9.17) is 0 Å². The van der Waals surface area contributed by atoms with Crippen molar-refractivity contribution < 1.29 is 36.6 Å². The molecule has 1 atom stereocenters. The van der Waals surface area contributed by atoms with Crippen LogP contribution in [0, 0.1) is 5.82 Å². The summed E-state index contributed by atoms with van der Waals surface area (Å²) in [7, 11) is 1.06. The Balaban J connectivity index is 2.74. The number of alkyl halides is 3. The fraction of sp³-hybridized carbons (Fsp3) is 0.385. The molecule has 0 saturated heterocycles. The molecule has 0 saturated carbocycles. The number of carbonyl (C=O) groups is 2. The number of carbonyl (C=O) groups excluding carboxylic acids is 2. The number of nitrogens with one attached hydrogen (secondary N) is 1. The van der Waals surface area contributed by atoms with E-state index in [1.807, 2.05) is 0 Å². The Hall–Kier alpha value is -2.16. The third-order valence-corrected chi connectivity index (χ3v) is 2.51. The molecule has 9 heteroatoms. The molecule has 0 aliphatic rings. The highest BCUT2D eigenvalue weighted by atomic mass is 19.4. The first kappa shape index (κ1) is 17.9. The standard InChI is InChI=1S/C13H13F4NO4/c1-7(22-6-13(15,16)17)11(19)18-8-3-4-10(14)9(5-8)12(20)21-2/h3-5,7H,6H2,1-2H3,(H,18,19). The van der Waals surface area contributed by atoms with Gasteiger partial charge in [0.2, 0.25) is 0 Å². The Kier molecular flexibility index (Phi) is 5.86. The van der Waals surface area contributed by atoms with Gasteiger partial charge in [-0.25, -0.2) is 9.18 Å². The molecule has 5 nitrogen and oxygen atoms in total. The van der Waals surface area contributed by atoms with Crippen LogP contribution in [-0.4, -0.2) is 37.9 Å². The molecular weight excluding hydrogens is 310 g/mol. The van der Waals surface area contributed by atoms with Crippen molar-refractivity contribution in [2.75, 3.05) is 19.0 Å². The summed E-state index contributed by atoms with van der Waals surface area (Å²) in [6, 6.07) is 3.08. The summed E-state index contributed by atoms with van der Waals surface area (Å²) in [6.07, 6.45) is -5.93. The van der Waals surface area contributed by atoms with Gasteiger partial charge in [-0.05, 0) is 25.1 Å². The van der Waals surface area contributed by atoms with E-state index in [-0.39, 0.29) is 5.69 Å². The lowest BCUT2D eigenvalue weighted by Crippen LogP contribution is -2.31. The maximum Gasteiger partial charge on any atom is 0.411 e. The highest BCUT2D eigenvalue weighted by molar-refractivity contribution is 5.96. The molecule has 1 N–H and O–H groups in total. The second kappa shape index (κ2) is 7.21. The van der Waals surface area contributed by atoms with Gasteiger partial charge >= 0.3 is 12.1 Å². The molecule has 1 amide bonds. The maximum atomic E-state index is 13.4. The maximum absolute atomic E-state index is 13.4. The third-order valence-electron chi connectivity index (χ3n) is 2.51. The monoisotopic (exact) mass is 323 g/mol. The molecule has 0 fully saturated rings. The molecular formula is C13H13F4NO4. The van der Waals surface area contributed by atoms with Gasteiger partial charge in [-0.2, -0.15) is 13.2 Å². The lowest BCUT2D eigenvalue weighted by atomic mass is 10.2. The number of hydrogen-bond donors (Lipinski definition) is 1. The quantitative estimate of drug-likeness (QED) is 0.668. The zero-order valence-electron chi connectivity index (χ0n) is 11.7. The second-order valence-electron chi connectivity index (χ2n) is 4.24. The number of ether oxygens (including phenoxy) is 2. The predicted octanol–water partition coefficient (Wildman–Crippen LogP) is 2.52. The van der Waals surface area contributed by atoms with E-state index < -0.39 is 42.1 Å². The van der Waals surface area contributed by atoms with Gasteiger partial charge in [0, 0.05) is 5.69 Å². The van der Waals surface area contributed by atoms with Crippen LogP contribution in [0.5, 0.6) is 0 Å². The van der Waals surface area contributed by atoms with E-state index in [1.165, 1.54) is 0 Å². The molecule has 0 bridgehead atoms. The van der Waals surface area contributed by atoms with Crippen LogP contribution in [0.4, 0.5) is 23.2 Å². The molecule has 1 aromatic carbocycles. The van der Waals surface area contributed by atoms with Crippen molar-refractivity contribution in [1.82, 2.24) is 0 Å². The van der Waals surface area contributed by atoms with Crippen molar-refractivity contribution in [2.45, 2.75) is 19.2 Å². The van der Waals surface area contributed by atoms with Crippen molar-refractivity contribution in [3.63, 3.8) is 0 Å². The molecule has 0 aliphatic heterocycles. The summed E-state index contributed by atoms with van der Waals surface area (Å²) in [4.78, 5) is 22.9. The summed E-state index contributed by atoms with van der Waals surface area (Å²) in [6.45, 7) is -0.440. The average molecular weight is 323 g/mol. The fourth-order valence-corrected chi connectivity index (χ4v) is 1.41. The van der Waals surface area contributed by atoms with Crippen molar-refractivity contribution in [1.29, 1.82) is 0 Å². The second-order valence-corrected chi connectivity index (χ2v) is 4.24. The zero-order valence-corrected chi connectivity index (χ0v) is 11.7. The minimum Gasteiger partial charge on any atom is -0.465 e. The molecule has 0 radical (unpaired) electrons. The number of hydrogen-bond acceptors (Lipinski definition) is 4. The van der Waals surface area contributed by atoms with E-state index >= 15 is 0 Å². The number of rotatable bonds is 5. The Labute approximate surface area is 123 Å². The molecule has 0 heterocycles. The molecule has 1 aromatic rings. The highest BCUT2D eigenvalue weighted by Gasteiger charge is 2.30. The van der Waals surface area contributed by atoms with Gasteiger partial charge in [0.1, 0.15) is 18.5 Å². The highest BCUT2D eigenvalue weighted by Crippen LogP contribution is 2.18. The van der Waals surface area contributed by atoms with Gasteiger partial charge in [0.05, 0.1) is 12.7 Å². The number of halogens is 4. The molecule has 0 aliphatic carbocycles. The van der Waals surface area contributed by atoms with Gasteiger partial charge in [-0.3, -0.25) is 4.79 Å². The summed E-state index contributed by atoms with van der Waals surface area (Å²) in [5.74, 6) is -2.67. The van der Waals surface area contributed by atoms with Crippen LogP contribution in [0.25, 0.3) is 0 Å². The number of amides is 1. The van der Waals surface area contributed by atoms with Crippen LogP contribution in [-0.2, 0) is 14.3 Å². The van der Waals surface area contributed by atoms with Crippen LogP contribution in [0.1, 0.15) is 17.3 Å². The Morgan fingerprint density at radius 3 is 2.50 bits per heavy atom. The first-order valence-electron chi connectivity index (χ1n) is 6.01. The first-order valence-corrected chi connectivity index (χ1v) is 6.01. The molecule has 0 spiro atoms. The number of anilines is 1. The van der Waals surface area contributed by atoms with E-state index in [9.17, 15) is 27.2 Å². The minimum atomic E-state index is -4.55. The van der Waals surface area contributed by atoms with Crippen molar-refractivity contribution >= 4 is 17.6 Å². The average Bonchev–Trinajstić information content (AvgIpc) is 2.45. The summed E-state index contributed by atoms with van der Waals surface area (Å²) >= 11 is 0. The summed E-state index contributed by atoms with van der Waals surface area (Å²) in [5, 5.41) is 2.22. The van der Waals surface area contributed by atoms with E-state index in [2.05, 4.69) is 14.8 Å². The van der Waals surface area contributed by atoms with Crippen LogP contribution in [0.2, 0.25) is 0 Å². The smallest absolute Gasteiger partial charge is 0.411 e. The van der Waals surface area contributed by atoms with Gasteiger partial charge in [0.15, 0.2) is 0 Å². The first-order chi connectivity index (χ1) is 10.1. The molecule has 1 unspecified atom stereocenters. The van der Waals surface area contributed by atoms with Gasteiger partial charge in [0.25, 0.3) is 5.91 Å². The lowest BCUT2D eigenvalue weighted by molar-refractivity contribution is -0.184. The molecule has 22 heavy (non-hydrogen) atoms.